The summed E-state index contributed by atoms with van der Waals surface area (Å²) in [6.45, 7) is 4.87. The maximum absolute atomic E-state index is 12.0. The van der Waals surface area contributed by atoms with Crippen LogP contribution in [0, 0.1) is 9.49 Å². The molecule has 0 radical (unpaired) electrons. The van der Waals surface area contributed by atoms with Gasteiger partial charge in [0.2, 0.25) is 0 Å². The van der Waals surface area contributed by atoms with E-state index in [9.17, 15) is 4.79 Å². The van der Waals surface area contributed by atoms with E-state index in [1.807, 2.05) is 18.2 Å². The van der Waals surface area contributed by atoms with E-state index in [4.69, 9.17) is 0 Å². The van der Waals surface area contributed by atoms with Crippen molar-refractivity contribution in [2.75, 3.05) is 6.54 Å². The topological polar surface area (TPSA) is 29.1 Å². The molecule has 0 aliphatic carbocycles. The van der Waals surface area contributed by atoms with Crippen LogP contribution in [0.3, 0.4) is 0 Å². The Hall–Kier alpha value is 0.380. The highest BCUT2D eigenvalue weighted by molar-refractivity contribution is 14.1. The van der Waals surface area contributed by atoms with Gasteiger partial charge in [0.05, 0.1) is 5.56 Å². The number of amides is 1. The first-order valence-corrected chi connectivity index (χ1v) is 8.08. The fourth-order valence-corrected chi connectivity index (χ4v) is 2.27. The summed E-state index contributed by atoms with van der Waals surface area (Å²) in [5.74, 6) is 0.454. The quantitative estimate of drug-likeness (QED) is 0.514. The highest BCUT2D eigenvalue weighted by Gasteiger charge is 2.14. The predicted octanol–water partition coefficient (Wildman–Crippen LogP) is 4.20. The highest BCUT2D eigenvalue weighted by atomic mass is 127. The van der Waals surface area contributed by atoms with E-state index in [-0.39, 0.29) is 5.91 Å². The van der Waals surface area contributed by atoms with Crippen LogP contribution >= 0.6 is 54.5 Å². The smallest absolute Gasteiger partial charge is 0.252 e. The van der Waals surface area contributed by atoms with Crippen molar-refractivity contribution in [2.45, 2.75) is 18.7 Å². The molecule has 0 heterocycles. The van der Waals surface area contributed by atoms with Gasteiger partial charge in [0, 0.05) is 19.4 Å². The molecule has 0 aliphatic rings. The molecule has 94 valence electrons. The summed E-state index contributed by atoms with van der Waals surface area (Å²) in [6.07, 6.45) is 0. The van der Waals surface area contributed by atoms with Gasteiger partial charge in [-0.1, -0.05) is 29.8 Å². The molecular weight excluding hydrogens is 461 g/mol. The van der Waals surface area contributed by atoms with Crippen molar-refractivity contribution in [1.82, 2.24) is 5.32 Å². The van der Waals surface area contributed by atoms with Crippen molar-refractivity contribution in [3.8, 4) is 0 Å². The normalized spacial score (nSPS) is 12.6. The molecule has 0 aromatic heterocycles. The second kappa shape index (κ2) is 7.09. The van der Waals surface area contributed by atoms with Crippen LogP contribution < -0.4 is 5.32 Å². The molecule has 0 saturated carbocycles. The fraction of sp³-hybridized carbons (Fsp3) is 0.417. The molecule has 1 unspecified atom stereocenters. The predicted molar refractivity (Wildman–Crippen MR) is 86.7 cm³/mol. The molecule has 1 atom stereocenters. The Morgan fingerprint density at radius 1 is 1.47 bits per heavy atom. The minimum Gasteiger partial charge on any atom is -0.351 e. The summed E-state index contributed by atoms with van der Waals surface area (Å²) in [5, 5.41) is 2.93. The van der Waals surface area contributed by atoms with Crippen LogP contribution in [0.4, 0.5) is 0 Å². The van der Waals surface area contributed by atoms with E-state index in [0.717, 1.165) is 8.04 Å². The van der Waals surface area contributed by atoms with Crippen molar-refractivity contribution >= 4 is 60.4 Å². The molecular formula is C12H14Br2INO. The standard InChI is InChI=1S/C12H14Br2INO/c1-7(2)11(14)6-16-12(17)9-5-8(15)3-4-10(9)13/h3-5,7,11H,6H2,1-2H3,(H,16,17). The first-order chi connectivity index (χ1) is 7.91. The molecule has 0 fully saturated rings. The largest absolute Gasteiger partial charge is 0.351 e. The third-order valence-electron chi connectivity index (χ3n) is 2.35. The summed E-state index contributed by atoms with van der Waals surface area (Å²) in [5.41, 5.74) is 0.681. The lowest BCUT2D eigenvalue weighted by Crippen LogP contribution is -2.31. The number of benzene rings is 1. The zero-order chi connectivity index (χ0) is 13.0. The summed E-state index contributed by atoms with van der Waals surface area (Å²) in [7, 11) is 0. The summed E-state index contributed by atoms with van der Waals surface area (Å²) in [4.78, 5) is 12.3. The Bertz CT molecular complexity index is 409. The zero-order valence-corrected chi connectivity index (χ0v) is 15.0. The number of carbonyl (C=O) groups is 1. The lowest BCUT2D eigenvalue weighted by atomic mass is 10.1. The van der Waals surface area contributed by atoms with Gasteiger partial charge in [0.25, 0.3) is 5.91 Å². The van der Waals surface area contributed by atoms with Gasteiger partial charge in [-0.25, -0.2) is 0 Å². The second-order valence-electron chi connectivity index (χ2n) is 4.09. The van der Waals surface area contributed by atoms with Crippen LogP contribution in [0.1, 0.15) is 24.2 Å². The van der Waals surface area contributed by atoms with Crippen LogP contribution in [-0.2, 0) is 0 Å². The number of halogens is 3. The van der Waals surface area contributed by atoms with Crippen molar-refractivity contribution < 1.29 is 4.79 Å². The number of alkyl halides is 1. The molecule has 1 N–H and O–H groups in total. The Labute approximate surface area is 132 Å². The summed E-state index contributed by atoms with van der Waals surface area (Å²) < 4.78 is 1.88. The van der Waals surface area contributed by atoms with Gasteiger partial charge >= 0.3 is 0 Å². The molecule has 2 nitrogen and oxygen atoms in total. The van der Waals surface area contributed by atoms with Crippen LogP contribution in [-0.4, -0.2) is 17.3 Å². The van der Waals surface area contributed by atoms with E-state index >= 15 is 0 Å². The van der Waals surface area contributed by atoms with Gasteiger partial charge < -0.3 is 5.32 Å². The Morgan fingerprint density at radius 2 is 2.12 bits per heavy atom. The molecule has 0 saturated heterocycles. The second-order valence-corrected chi connectivity index (χ2v) is 7.37. The van der Waals surface area contributed by atoms with E-state index < -0.39 is 0 Å². The number of hydrogen-bond donors (Lipinski definition) is 1. The van der Waals surface area contributed by atoms with Crippen molar-refractivity contribution in [3.05, 3.63) is 31.8 Å². The molecule has 1 rings (SSSR count). The molecule has 0 aliphatic heterocycles. The Kier molecular flexibility index (Phi) is 6.44. The molecule has 1 amide bonds. The third kappa shape index (κ3) is 4.87. The molecule has 1 aromatic carbocycles. The monoisotopic (exact) mass is 473 g/mol. The van der Waals surface area contributed by atoms with Crippen LogP contribution in [0.5, 0.6) is 0 Å². The lowest BCUT2D eigenvalue weighted by molar-refractivity contribution is 0.0952. The first-order valence-electron chi connectivity index (χ1n) is 5.29. The molecule has 5 heteroatoms. The third-order valence-corrected chi connectivity index (χ3v) is 5.10. The van der Waals surface area contributed by atoms with E-state index in [1.165, 1.54) is 0 Å². The van der Waals surface area contributed by atoms with Crippen molar-refractivity contribution in [2.24, 2.45) is 5.92 Å². The minimum absolute atomic E-state index is 0.0412. The Balaban J connectivity index is 2.67. The molecule has 0 bridgehead atoms. The molecule has 17 heavy (non-hydrogen) atoms. The fourth-order valence-electron chi connectivity index (χ4n) is 1.19. The van der Waals surface area contributed by atoms with Gasteiger partial charge in [-0.15, -0.1) is 0 Å². The van der Waals surface area contributed by atoms with Crippen molar-refractivity contribution in [3.63, 3.8) is 0 Å². The molecule has 0 spiro atoms. The van der Waals surface area contributed by atoms with E-state index in [1.54, 1.807) is 0 Å². The number of nitrogens with one attached hydrogen (secondary N) is 1. The SMILES string of the molecule is CC(C)C(Br)CNC(=O)c1cc(I)ccc1Br. The lowest BCUT2D eigenvalue weighted by Gasteiger charge is -2.15. The van der Waals surface area contributed by atoms with Crippen LogP contribution in [0.2, 0.25) is 0 Å². The summed E-state index contributed by atoms with van der Waals surface area (Å²) in [6, 6.07) is 5.73. The number of carbonyl (C=O) groups excluding carboxylic acids is 1. The Morgan fingerprint density at radius 3 is 2.71 bits per heavy atom. The zero-order valence-electron chi connectivity index (χ0n) is 9.64. The van der Waals surface area contributed by atoms with Gasteiger partial charge in [-0.3, -0.25) is 4.79 Å². The van der Waals surface area contributed by atoms with Gasteiger partial charge in [-0.2, -0.15) is 0 Å². The average molecular weight is 475 g/mol. The first kappa shape index (κ1) is 15.4. The number of rotatable bonds is 4. The van der Waals surface area contributed by atoms with E-state index in [2.05, 4.69) is 73.6 Å². The maximum atomic E-state index is 12.0. The van der Waals surface area contributed by atoms with Gasteiger partial charge in [0.1, 0.15) is 0 Å². The number of hydrogen-bond acceptors (Lipinski definition) is 1. The average Bonchev–Trinajstić information content (AvgIpc) is 2.28. The minimum atomic E-state index is -0.0412. The summed E-state index contributed by atoms with van der Waals surface area (Å²) >= 11 is 9.14. The van der Waals surface area contributed by atoms with Crippen LogP contribution in [0.25, 0.3) is 0 Å². The van der Waals surface area contributed by atoms with E-state index in [0.29, 0.717) is 22.9 Å². The van der Waals surface area contributed by atoms with Gasteiger partial charge in [-0.05, 0) is 62.6 Å². The van der Waals surface area contributed by atoms with Crippen LogP contribution in [0.15, 0.2) is 22.7 Å². The van der Waals surface area contributed by atoms with Gasteiger partial charge in [0.15, 0.2) is 0 Å². The highest BCUT2D eigenvalue weighted by Crippen LogP contribution is 2.19. The molecule has 1 aromatic rings. The maximum Gasteiger partial charge on any atom is 0.252 e. The van der Waals surface area contributed by atoms with Crippen molar-refractivity contribution in [1.29, 1.82) is 0 Å².